The number of nitrogens with zero attached hydrogens (tertiary/aromatic N) is 2. The Morgan fingerprint density at radius 3 is 2.23 bits per heavy atom. The van der Waals surface area contributed by atoms with Crippen LogP contribution in [0.15, 0.2) is 48.7 Å². The van der Waals surface area contributed by atoms with Gasteiger partial charge in [0, 0.05) is 23.6 Å². The van der Waals surface area contributed by atoms with Crippen molar-refractivity contribution in [2.75, 3.05) is 39.9 Å². The van der Waals surface area contributed by atoms with Crippen molar-refractivity contribution >= 4 is 22.5 Å². The average molecular weight is 471 g/mol. The molecule has 0 spiro atoms. The molecule has 8 heteroatoms. The first-order valence-corrected chi connectivity index (χ1v) is 10.8. The summed E-state index contributed by atoms with van der Waals surface area (Å²) < 4.78 is 22.3. The van der Waals surface area contributed by atoms with E-state index in [1.807, 2.05) is 42.5 Å². The van der Waals surface area contributed by atoms with Gasteiger partial charge in [-0.1, -0.05) is 24.0 Å². The second-order valence-corrected chi connectivity index (χ2v) is 7.68. The first-order valence-electron chi connectivity index (χ1n) is 10.8. The highest BCUT2D eigenvalue weighted by molar-refractivity contribution is 5.91. The molecule has 0 aliphatic rings. The zero-order valence-corrected chi connectivity index (χ0v) is 20.0. The minimum Gasteiger partial charge on any atom is -0.496 e. The maximum atomic E-state index is 6.03. The van der Waals surface area contributed by atoms with Gasteiger partial charge in [-0.25, -0.2) is 4.98 Å². The number of fused-ring (bicyclic) bond motifs is 1. The Bertz CT molecular complexity index is 1460. The van der Waals surface area contributed by atoms with Crippen molar-refractivity contribution in [2.45, 2.75) is 6.42 Å². The van der Waals surface area contributed by atoms with Gasteiger partial charge in [-0.05, 0) is 41.3 Å². The van der Waals surface area contributed by atoms with Gasteiger partial charge in [-0.3, -0.25) is 0 Å². The number of anilines is 2. The molecule has 0 aliphatic carbocycles. The first-order chi connectivity index (χ1) is 17.0. The molecule has 4 aromatic rings. The second-order valence-electron chi connectivity index (χ2n) is 7.68. The molecule has 0 saturated carbocycles. The number of nitrogens with two attached hydrogens (primary N) is 2. The predicted octanol–water partition coefficient (Wildman–Crippen LogP) is 3.82. The van der Waals surface area contributed by atoms with E-state index >= 15 is 0 Å². The van der Waals surface area contributed by atoms with Crippen molar-refractivity contribution < 1.29 is 18.9 Å². The Balaban J connectivity index is 1.80. The summed E-state index contributed by atoms with van der Waals surface area (Å²) in [6, 6.07) is 13.6. The van der Waals surface area contributed by atoms with E-state index in [4.69, 9.17) is 30.4 Å². The van der Waals surface area contributed by atoms with Gasteiger partial charge in [0.25, 0.3) is 0 Å². The third kappa shape index (κ3) is 4.84. The third-order valence-electron chi connectivity index (χ3n) is 5.56. The van der Waals surface area contributed by atoms with E-state index in [1.165, 1.54) is 0 Å². The minimum absolute atomic E-state index is 0.132. The van der Waals surface area contributed by atoms with Gasteiger partial charge in [0.1, 0.15) is 17.3 Å². The number of aromatic nitrogens is 2. The van der Waals surface area contributed by atoms with Crippen molar-refractivity contribution in [3.63, 3.8) is 0 Å². The van der Waals surface area contributed by atoms with Gasteiger partial charge in [0.05, 0.1) is 39.6 Å². The van der Waals surface area contributed by atoms with Crippen LogP contribution >= 0.6 is 0 Å². The van der Waals surface area contributed by atoms with Gasteiger partial charge in [-0.15, -0.1) is 0 Å². The van der Waals surface area contributed by atoms with Crippen LogP contribution in [0, 0.1) is 11.8 Å². The number of methoxy groups -OCH3 is 4. The van der Waals surface area contributed by atoms with Crippen LogP contribution in [0.2, 0.25) is 0 Å². The summed E-state index contributed by atoms with van der Waals surface area (Å²) >= 11 is 0. The van der Waals surface area contributed by atoms with Gasteiger partial charge < -0.3 is 30.4 Å². The largest absolute Gasteiger partial charge is 0.496 e. The summed E-state index contributed by atoms with van der Waals surface area (Å²) in [4.78, 5) is 8.09. The van der Waals surface area contributed by atoms with E-state index in [0.717, 1.165) is 33.2 Å². The highest BCUT2D eigenvalue weighted by atomic mass is 16.5. The SMILES string of the molecule is COc1cc2c(OC)cccc2cc1C#Cc1cc(Cc2cnc(N)nc2N)cc(OC)c1OC. The standard InChI is InChI=1S/C27H26N4O4/c1-32-22-7-5-6-17-13-18(23(33-2)14-21(17)22)8-9-19-10-16(12-24(34-3)25(19)35-4)11-20-15-30-27(29)31-26(20)28/h5-7,10,12-15H,11H2,1-4H3,(H4,28,29,30,31). The van der Waals surface area contributed by atoms with Crippen LogP contribution in [-0.2, 0) is 6.42 Å². The van der Waals surface area contributed by atoms with Crippen LogP contribution in [0.1, 0.15) is 22.3 Å². The lowest BCUT2D eigenvalue weighted by Gasteiger charge is -2.13. The van der Waals surface area contributed by atoms with Gasteiger partial charge >= 0.3 is 0 Å². The molecule has 0 atom stereocenters. The van der Waals surface area contributed by atoms with E-state index in [1.54, 1.807) is 34.6 Å². The number of ether oxygens (including phenoxy) is 4. The molecule has 0 fully saturated rings. The van der Waals surface area contributed by atoms with E-state index in [9.17, 15) is 0 Å². The highest BCUT2D eigenvalue weighted by Crippen LogP contribution is 2.34. The fraction of sp³-hybridized carbons (Fsp3) is 0.185. The molecule has 178 valence electrons. The summed E-state index contributed by atoms with van der Waals surface area (Å²) in [5.74, 6) is 9.41. The fourth-order valence-electron chi connectivity index (χ4n) is 3.86. The zero-order valence-electron chi connectivity index (χ0n) is 20.0. The van der Waals surface area contributed by atoms with Gasteiger partial charge in [0.15, 0.2) is 11.5 Å². The Morgan fingerprint density at radius 1 is 0.800 bits per heavy atom. The van der Waals surface area contributed by atoms with Crippen molar-refractivity contribution in [2.24, 2.45) is 0 Å². The smallest absolute Gasteiger partial charge is 0.221 e. The normalized spacial score (nSPS) is 10.4. The maximum Gasteiger partial charge on any atom is 0.221 e. The Kier molecular flexibility index (Phi) is 6.78. The van der Waals surface area contributed by atoms with Crippen LogP contribution < -0.4 is 30.4 Å². The Morgan fingerprint density at radius 2 is 1.54 bits per heavy atom. The lowest BCUT2D eigenvalue weighted by Crippen LogP contribution is -2.04. The molecule has 4 N–H and O–H groups in total. The molecular formula is C27H26N4O4. The molecule has 0 aliphatic heterocycles. The van der Waals surface area contributed by atoms with Gasteiger partial charge in [-0.2, -0.15) is 4.98 Å². The molecule has 0 bridgehead atoms. The third-order valence-corrected chi connectivity index (χ3v) is 5.56. The summed E-state index contributed by atoms with van der Waals surface area (Å²) in [5, 5.41) is 1.94. The number of hydrogen-bond donors (Lipinski definition) is 2. The number of rotatable bonds is 6. The quantitative estimate of drug-likeness (QED) is 0.409. The van der Waals surface area contributed by atoms with E-state index in [0.29, 0.717) is 35.1 Å². The molecule has 0 radical (unpaired) electrons. The predicted molar refractivity (Wildman–Crippen MR) is 136 cm³/mol. The Labute approximate surface area is 203 Å². The van der Waals surface area contributed by atoms with E-state index in [2.05, 4.69) is 21.8 Å². The lowest BCUT2D eigenvalue weighted by molar-refractivity contribution is 0.354. The van der Waals surface area contributed by atoms with E-state index in [-0.39, 0.29) is 5.95 Å². The molecule has 1 aromatic heterocycles. The summed E-state index contributed by atoms with van der Waals surface area (Å²) in [5.41, 5.74) is 14.7. The van der Waals surface area contributed by atoms with Crippen LogP contribution in [0.25, 0.3) is 10.8 Å². The zero-order chi connectivity index (χ0) is 24.9. The molecule has 4 rings (SSSR count). The summed E-state index contributed by atoms with van der Waals surface area (Å²) in [6.07, 6.45) is 2.09. The van der Waals surface area contributed by atoms with Crippen LogP contribution in [0.3, 0.4) is 0 Å². The van der Waals surface area contributed by atoms with Crippen LogP contribution in [0.4, 0.5) is 11.8 Å². The first kappa shape index (κ1) is 23.5. The molecular weight excluding hydrogens is 444 g/mol. The molecule has 3 aromatic carbocycles. The maximum absolute atomic E-state index is 6.03. The molecule has 35 heavy (non-hydrogen) atoms. The Hall–Kier alpha value is -4.64. The summed E-state index contributed by atoms with van der Waals surface area (Å²) in [7, 11) is 6.42. The average Bonchev–Trinajstić information content (AvgIpc) is 2.87. The van der Waals surface area contributed by atoms with Crippen molar-refractivity contribution in [1.82, 2.24) is 9.97 Å². The monoisotopic (exact) mass is 470 g/mol. The lowest BCUT2D eigenvalue weighted by atomic mass is 10.0. The van der Waals surface area contributed by atoms with Gasteiger partial charge in [0.2, 0.25) is 5.95 Å². The number of nitrogen functional groups attached to an aromatic ring is 2. The van der Waals surface area contributed by atoms with Crippen LogP contribution in [-0.4, -0.2) is 38.4 Å². The highest BCUT2D eigenvalue weighted by Gasteiger charge is 2.14. The number of hydrogen-bond acceptors (Lipinski definition) is 8. The summed E-state index contributed by atoms with van der Waals surface area (Å²) in [6.45, 7) is 0. The second kappa shape index (κ2) is 10.1. The topological polar surface area (TPSA) is 115 Å². The molecule has 0 unspecified atom stereocenters. The molecule has 0 amide bonds. The van der Waals surface area contributed by atoms with E-state index < -0.39 is 0 Å². The fourth-order valence-corrected chi connectivity index (χ4v) is 3.86. The van der Waals surface area contributed by atoms with Crippen molar-refractivity contribution in [3.05, 3.63) is 70.9 Å². The number of benzene rings is 3. The molecule has 1 heterocycles. The van der Waals surface area contributed by atoms with Crippen molar-refractivity contribution in [1.29, 1.82) is 0 Å². The van der Waals surface area contributed by atoms with Crippen molar-refractivity contribution in [3.8, 4) is 34.8 Å². The van der Waals surface area contributed by atoms with Crippen LogP contribution in [0.5, 0.6) is 23.0 Å². The minimum atomic E-state index is 0.132. The molecule has 0 saturated heterocycles. The molecule has 8 nitrogen and oxygen atoms in total.